The van der Waals surface area contributed by atoms with E-state index in [0.29, 0.717) is 17.4 Å². The first kappa shape index (κ1) is 87.0. The molecule has 0 rings (SSSR count). The first-order valence-electron chi connectivity index (χ1n) is 38.9. The Morgan fingerprint density at radius 2 is 0.685 bits per heavy atom. The molecule has 1 amide bonds. The Labute approximate surface area is 554 Å². The maximum absolute atomic E-state index is 13.6. The molecule has 0 bridgehead atoms. The number of phosphoric acid groups is 1. The van der Waals surface area contributed by atoms with Gasteiger partial charge >= 0.3 is 5.97 Å². The molecule has 0 spiro atoms. The third kappa shape index (κ3) is 70.1. The Balaban J connectivity index is 4.98. The number of likely N-dealkylation sites (N-methyl/N-ethyl adjacent to an activating group) is 1. The van der Waals surface area contributed by atoms with Crippen molar-refractivity contribution in [2.75, 3.05) is 40.9 Å². The first-order chi connectivity index (χ1) is 43.4. The molecule has 1 N–H and O–H groups in total. The minimum Gasteiger partial charge on any atom is -0.756 e. The number of phosphoric ester groups is 1. The highest BCUT2D eigenvalue weighted by Gasteiger charge is 2.27. The predicted molar refractivity (Wildman–Crippen MR) is 386 cm³/mol. The second-order valence-corrected chi connectivity index (χ2v) is 29.3. The first-order valence-corrected chi connectivity index (χ1v) is 40.4. The summed E-state index contributed by atoms with van der Waals surface area (Å²) in [5.74, 6) is -0.521. The van der Waals surface area contributed by atoms with Crippen LogP contribution in [0.4, 0.5) is 0 Å². The maximum atomic E-state index is 13.6. The molecule has 89 heavy (non-hydrogen) atoms. The van der Waals surface area contributed by atoms with Gasteiger partial charge in [0.2, 0.25) is 5.91 Å². The van der Waals surface area contributed by atoms with Gasteiger partial charge in [-0.1, -0.05) is 359 Å². The van der Waals surface area contributed by atoms with E-state index >= 15 is 0 Å². The minimum absolute atomic E-state index is 0.0205. The number of hydrogen-bond acceptors (Lipinski definition) is 7. The lowest BCUT2D eigenvalue weighted by Crippen LogP contribution is -2.47. The fraction of sp³-hybridized carbons (Fsp3) is 0.873. The van der Waals surface area contributed by atoms with E-state index < -0.39 is 20.0 Å². The number of esters is 1. The molecule has 0 radical (unpaired) electrons. The quantitative estimate of drug-likeness (QED) is 0.0212. The molecule has 0 saturated carbocycles. The molecule has 10 heteroatoms. The summed E-state index contributed by atoms with van der Waals surface area (Å²) in [7, 11) is 1.20. The number of ether oxygens (including phenoxy) is 1. The van der Waals surface area contributed by atoms with Crippen LogP contribution in [0.3, 0.4) is 0 Å². The topological polar surface area (TPSA) is 114 Å². The van der Waals surface area contributed by atoms with Crippen LogP contribution in [0.1, 0.15) is 393 Å². The number of allylic oxidation sites excluding steroid dienone is 7. The Bertz CT molecular complexity index is 1660. The van der Waals surface area contributed by atoms with E-state index in [-0.39, 0.29) is 31.5 Å². The average Bonchev–Trinajstić information content (AvgIpc) is 3.67. The fourth-order valence-corrected chi connectivity index (χ4v) is 12.5. The Morgan fingerprint density at radius 1 is 0.393 bits per heavy atom. The van der Waals surface area contributed by atoms with Crippen LogP contribution >= 0.6 is 7.82 Å². The van der Waals surface area contributed by atoms with Gasteiger partial charge in [-0.15, -0.1) is 0 Å². The van der Waals surface area contributed by atoms with Crippen molar-refractivity contribution in [3.8, 4) is 0 Å². The molecule has 0 saturated heterocycles. The summed E-state index contributed by atoms with van der Waals surface area (Å²) in [6.07, 6.45) is 88.2. The Morgan fingerprint density at radius 3 is 1.04 bits per heavy atom. The minimum atomic E-state index is -4.71. The zero-order valence-electron chi connectivity index (χ0n) is 60.2. The lowest BCUT2D eigenvalue weighted by atomic mass is 10.0. The molecule has 0 aromatic carbocycles. The molecule has 0 aromatic rings. The fourth-order valence-electron chi connectivity index (χ4n) is 11.8. The van der Waals surface area contributed by atoms with Crippen LogP contribution in [-0.4, -0.2) is 69.4 Å². The zero-order valence-corrected chi connectivity index (χ0v) is 61.1. The summed E-state index contributed by atoms with van der Waals surface area (Å²) < 4.78 is 30.6. The molecular weight excluding hydrogens is 1120 g/mol. The standard InChI is InChI=1S/C79H151N2O7P/c1-7-10-13-16-19-22-25-28-30-32-34-36-38-40-42-44-46-48-50-53-56-59-62-65-68-71-78(82)80-76(75-87-89(84,85)86-74-73-81(4,5)6)77(70-67-64-61-58-55-52-27-24-21-18-15-12-9-3)88-79(83)72-69-66-63-60-57-54-51-49-47-45-43-41-39-37-35-33-31-29-26-23-20-17-14-11-8-2/h19,22,28,30,34,36,67,70,76-77H,7-18,20-21,23-27,29,31-33,35,37-66,68-69,71-75H2,1-6H3,(H-,80,82,84,85)/b22-19-,30-28-,36-34-,70-67+. The number of rotatable bonds is 72. The molecule has 524 valence electrons. The van der Waals surface area contributed by atoms with Gasteiger partial charge in [0.25, 0.3) is 7.82 Å². The van der Waals surface area contributed by atoms with Crippen molar-refractivity contribution < 1.29 is 37.3 Å². The lowest BCUT2D eigenvalue weighted by Gasteiger charge is -2.30. The van der Waals surface area contributed by atoms with Crippen molar-refractivity contribution in [1.82, 2.24) is 5.32 Å². The molecule has 3 unspecified atom stereocenters. The number of carbonyl (C=O) groups is 2. The van der Waals surface area contributed by atoms with Crippen molar-refractivity contribution in [2.24, 2.45) is 0 Å². The summed E-state index contributed by atoms with van der Waals surface area (Å²) in [4.78, 5) is 40.3. The summed E-state index contributed by atoms with van der Waals surface area (Å²) in [6.45, 7) is 6.89. The van der Waals surface area contributed by atoms with Crippen molar-refractivity contribution in [3.63, 3.8) is 0 Å². The number of unbranched alkanes of at least 4 members (excludes halogenated alkanes) is 50. The van der Waals surface area contributed by atoms with Crippen molar-refractivity contribution in [3.05, 3.63) is 48.6 Å². The summed E-state index contributed by atoms with van der Waals surface area (Å²) >= 11 is 0. The van der Waals surface area contributed by atoms with E-state index in [9.17, 15) is 19.0 Å². The van der Waals surface area contributed by atoms with E-state index in [1.165, 1.54) is 289 Å². The second-order valence-electron chi connectivity index (χ2n) is 27.9. The number of nitrogens with zero attached hydrogens (tertiary/aromatic N) is 1. The van der Waals surface area contributed by atoms with Crippen molar-refractivity contribution in [1.29, 1.82) is 0 Å². The van der Waals surface area contributed by atoms with E-state index in [1.807, 2.05) is 33.3 Å². The van der Waals surface area contributed by atoms with Gasteiger partial charge in [-0.3, -0.25) is 14.2 Å². The van der Waals surface area contributed by atoms with Gasteiger partial charge in [0.1, 0.15) is 19.3 Å². The Hall–Kier alpha value is -2.03. The second kappa shape index (κ2) is 68.8. The van der Waals surface area contributed by atoms with Crippen LogP contribution in [0.2, 0.25) is 0 Å². The van der Waals surface area contributed by atoms with Crippen LogP contribution in [0, 0.1) is 0 Å². The van der Waals surface area contributed by atoms with Gasteiger partial charge in [0.05, 0.1) is 33.8 Å². The van der Waals surface area contributed by atoms with Gasteiger partial charge in [-0.2, -0.15) is 0 Å². The number of hydrogen-bond donors (Lipinski definition) is 1. The van der Waals surface area contributed by atoms with Gasteiger partial charge in [-0.25, -0.2) is 0 Å². The van der Waals surface area contributed by atoms with E-state index in [4.69, 9.17) is 13.8 Å². The molecule has 0 aromatic heterocycles. The van der Waals surface area contributed by atoms with Gasteiger partial charge in [0.15, 0.2) is 0 Å². The zero-order chi connectivity index (χ0) is 64.9. The number of nitrogens with one attached hydrogen (secondary N) is 1. The van der Waals surface area contributed by atoms with Crippen LogP contribution in [0.5, 0.6) is 0 Å². The van der Waals surface area contributed by atoms with Crippen LogP contribution in [0.25, 0.3) is 0 Å². The molecule has 3 atom stereocenters. The molecule has 0 aliphatic heterocycles. The molecule has 0 aliphatic rings. The van der Waals surface area contributed by atoms with Crippen LogP contribution < -0.4 is 10.2 Å². The Kier molecular flexibility index (Phi) is 67.2. The average molecular weight is 1270 g/mol. The number of carbonyl (C=O) groups excluding carboxylic acids is 2. The van der Waals surface area contributed by atoms with Gasteiger partial charge in [-0.05, 0) is 70.3 Å². The number of amides is 1. The smallest absolute Gasteiger partial charge is 0.306 e. The van der Waals surface area contributed by atoms with Gasteiger partial charge < -0.3 is 28.5 Å². The monoisotopic (exact) mass is 1270 g/mol. The third-order valence-electron chi connectivity index (χ3n) is 17.8. The SMILES string of the molecule is CCCCC/C=C\C/C=C\C/C=C\CCCCCCCCCCCCCCC(=O)NC(COP(=O)([O-])OCC[N+](C)(C)C)C(/C=C/CCCCCCCCCCCCC)OC(=O)CCCCCCCCCCCCCCCCCCCCCCCCCCC. The summed E-state index contributed by atoms with van der Waals surface area (Å²) in [6, 6.07) is -0.889. The van der Waals surface area contributed by atoms with Crippen LogP contribution in [-0.2, 0) is 27.9 Å². The number of quaternary nitrogens is 1. The van der Waals surface area contributed by atoms with Crippen molar-refractivity contribution in [2.45, 2.75) is 405 Å². The molecule has 9 nitrogen and oxygen atoms in total. The maximum Gasteiger partial charge on any atom is 0.306 e. The van der Waals surface area contributed by atoms with E-state index in [0.717, 1.165) is 70.6 Å². The van der Waals surface area contributed by atoms with Crippen LogP contribution in [0.15, 0.2) is 48.6 Å². The predicted octanol–water partition coefficient (Wildman–Crippen LogP) is 24.5. The molecule has 0 heterocycles. The van der Waals surface area contributed by atoms with E-state index in [1.54, 1.807) is 0 Å². The normalized spacial score (nSPS) is 13.7. The highest BCUT2D eigenvalue weighted by Crippen LogP contribution is 2.38. The third-order valence-corrected chi connectivity index (χ3v) is 18.7. The highest BCUT2D eigenvalue weighted by atomic mass is 31.2. The van der Waals surface area contributed by atoms with Crippen molar-refractivity contribution >= 4 is 19.7 Å². The molecular formula is C79H151N2O7P. The largest absolute Gasteiger partial charge is 0.756 e. The van der Waals surface area contributed by atoms with Gasteiger partial charge in [0, 0.05) is 12.8 Å². The molecule has 0 aliphatic carbocycles. The summed E-state index contributed by atoms with van der Waals surface area (Å²) in [5, 5.41) is 3.06. The van der Waals surface area contributed by atoms with E-state index in [2.05, 4.69) is 62.5 Å². The summed E-state index contributed by atoms with van der Waals surface area (Å²) in [5.41, 5.74) is 0. The highest BCUT2D eigenvalue weighted by molar-refractivity contribution is 7.45. The lowest BCUT2D eigenvalue weighted by molar-refractivity contribution is -0.870. The molecule has 0 fully saturated rings.